The van der Waals surface area contributed by atoms with Gasteiger partial charge in [0.2, 0.25) is 0 Å². The SMILES string of the molecule is CC(CC(C)(C)C)c1ccc(OC(=O)C(C)(C)C)cc1. The van der Waals surface area contributed by atoms with Gasteiger partial charge in [0.1, 0.15) is 5.75 Å². The van der Waals surface area contributed by atoms with Crippen LogP contribution >= 0.6 is 0 Å². The van der Waals surface area contributed by atoms with Crippen molar-refractivity contribution in [1.29, 1.82) is 0 Å². The lowest BCUT2D eigenvalue weighted by Crippen LogP contribution is -2.25. The number of carbonyl (C=O) groups excluding carboxylic acids is 1. The maximum Gasteiger partial charge on any atom is 0.316 e. The lowest BCUT2D eigenvalue weighted by atomic mass is 9.82. The second-order valence-electron chi connectivity index (χ2n) is 7.87. The van der Waals surface area contributed by atoms with E-state index in [4.69, 9.17) is 4.74 Å². The lowest BCUT2D eigenvalue weighted by Gasteiger charge is -2.23. The first-order chi connectivity index (χ1) is 8.99. The summed E-state index contributed by atoms with van der Waals surface area (Å²) >= 11 is 0. The van der Waals surface area contributed by atoms with Crippen LogP contribution in [-0.4, -0.2) is 5.97 Å². The standard InChI is InChI=1S/C18H28O2/c1-13(12-17(2,3)4)14-8-10-15(11-9-14)20-16(19)18(5,6)7/h8-11,13H,12H2,1-7H3. The van der Waals surface area contributed by atoms with Crippen molar-refractivity contribution in [3.8, 4) is 5.75 Å². The van der Waals surface area contributed by atoms with Gasteiger partial charge < -0.3 is 4.74 Å². The van der Waals surface area contributed by atoms with Crippen LogP contribution in [0.1, 0.15) is 66.4 Å². The largest absolute Gasteiger partial charge is 0.426 e. The van der Waals surface area contributed by atoms with Crippen LogP contribution in [0.15, 0.2) is 24.3 Å². The minimum atomic E-state index is -0.474. The van der Waals surface area contributed by atoms with Gasteiger partial charge in [-0.15, -0.1) is 0 Å². The first-order valence-corrected chi connectivity index (χ1v) is 7.31. The van der Waals surface area contributed by atoms with Gasteiger partial charge in [-0.3, -0.25) is 4.79 Å². The molecule has 0 bridgehead atoms. The van der Waals surface area contributed by atoms with Crippen molar-refractivity contribution in [2.24, 2.45) is 10.8 Å². The van der Waals surface area contributed by atoms with Gasteiger partial charge in [-0.2, -0.15) is 0 Å². The highest BCUT2D eigenvalue weighted by Crippen LogP contribution is 2.31. The van der Waals surface area contributed by atoms with Gasteiger partial charge in [0, 0.05) is 0 Å². The minimum absolute atomic E-state index is 0.201. The molecule has 0 heterocycles. The third kappa shape index (κ3) is 5.36. The fraction of sp³-hybridized carbons (Fsp3) is 0.611. The zero-order chi connectivity index (χ0) is 15.6. The van der Waals surface area contributed by atoms with E-state index in [-0.39, 0.29) is 5.97 Å². The van der Waals surface area contributed by atoms with Crippen LogP contribution in [-0.2, 0) is 4.79 Å². The molecule has 0 spiro atoms. The molecule has 0 saturated heterocycles. The summed E-state index contributed by atoms with van der Waals surface area (Å²) in [5.74, 6) is 0.923. The smallest absolute Gasteiger partial charge is 0.316 e. The molecular formula is C18H28O2. The predicted octanol–water partition coefficient (Wildman–Crippen LogP) is 5.18. The number of ether oxygens (including phenoxy) is 1. The predicted molar refractivity (Wildman–Crippen MR) is 84.0 cm³/mol. The maximum atomic E-state index is 11.8. The van der Waals surface area contributed by atoms with E-state index in [1.165, 1.54) is 5.56 Å². The van der Waals surface area contributed by atoms with E-state index < -0.39 is 5.41 Å². The van der Waals surface area contributed by atoms with Crippen molar-refractivity contribution < 1.29 is 9.53 Å². The Kier molecular flexibility index (Phi) is 5.01. The molecule has 1 aromatic carbocycles. The molecule has 0 aliphatic heterocycles. The van der Waals surface area contributed by atoms with E-state index in [1.54, 1.807) is 0 Å². The van der Waals surface area contributed by atoms with Crippen molar-refractivity contribution in [2.45, 2.75) is 60.8 Å². The number of benzene rings is 1. The number of hydrogen-bond acceptors (Lipinski definition) is 2. The summed E-state index contributed by atoms with van der Waals surface area (Å²) < 4.78 is 5.38. The number of hydrogen-bond donors (Lipinski definition) is 0. The van der Waals surface area contributed by atoms with Crippen LogP contribution in [0.5, 0.6) is 5.75 Å². The molecule has 1 aromatic rings. The molecule has 0 amide bonds. The van der Waals surface area contributed by atoms with Gasteiger partial charge in [0.05, 0.1) is 5.41 Å². The van der Waals surface area contributed by atoms with Gasteiger partial charge in [-0.1, -0.05) is 39.8 Å². The number of carbonyl (C=O) groups is 1. The first kappa shape index (κ1) is 16.7. The highest BCUT2D eigenvalue weighted by atomic mass is 16.5. The van der Waals surface area contributed by atoms with E-state index >= 15 is 0 Å². The third-order valence-electron chi connectivity index (χ3n) is 3.19. The monoisotopic (exact) mass is 276 g/mol. The Labute approximate surface area is 123 Å². The molecule has 0 saturated carbocycles. The molecule has 2 nitrogen and oxygen atoms in total. The highest BCUT2D eigenvalue weighted by Gasteiger charge is 2.23. The molecule has 0 aliphatic carbocycles. The first-order valence-electron chi connectivity index (χ1n) is 7.31. The topological polar surface area (TPSA) is 26.3 Å². The van der Waals surface area contributed by atoms with Crippen LogP contribution in [0.2, 0.25) is 0 Å². The summed E-state index contributed by atoms with van der Waals surface area (Å²) in [4.78, 5) is 11.8. The summed E-state index contributed by atoms with van der Waals surface area (Å²) in [6.07, 6.45) is 1.13. The summed E-state index contributed by atoms with van der Waals surface area (Å²) in [5.41, 5.74) is 1.13. The van der Waals surface area contributed by atoms with Crippen LogP contribution in [0.25, 0.3) is 0 Å². The molecule has 0 N–H and O–H groups in total. The molecule has 0 aliphatic rings. The van der Waals surface area contributed by atoms with E-state index in [1.807, 2.05) is 32.9 Å². The minimum Gasteiger partial charge on any atom is -0.426 e. The van der Waals surface area contributed by atoms with Crippen molar-refractivity contribution in [2.75, 3.05) is 0 Å². The lowest BCUT2D eigenvalue weighted by molar-refractivity contribution is -0.142. The van der Waals surface area contributed by atoms with Crippen molar-refractivity contribution in [3.63, 3.8) is 0 Å². The summed E-state index contributed by atoms with van der Waals surface area (Å²) in [5, 5.41) is 0. The molecule has 112 valence electrons. The van der Waals surface area contributed by atoms with E-state index in [0.29, 0.717) is 17.1 Å². The highest BCUT2D eigenvalue weighted by molar-refractivity contribution is 5.77. The molecule has 1 rings (SSSR count). The zero-order valence-electron chi connectivity index (χ0n) is 13.9. The Morgan fingerprint density at radius 1 is 1.05 bits per heavy atom. The Hall–Kier alpha value is -1.31. The normalized spacial score (nSPS) is 13.9. The average Bonchev–Trinajstić information content (AvgIpc) is 2.26. The van der Waals surface area contributed by atoms with Gasteiger partial charge in [-0.25, -0.2) is 0 Å². The average molecular weight is 276 g/mol. The number of rotatable bonds is 3. The van der Waals surface area contributed by atoms with Crippen LogP contribution in [0, 0.1) is 10.8 Å². The molecule has 2 heteroatoms. The van der Waals surface area contributed by atoms with Gasteiger partial charge in [0.15, 0.2) is 0 Å². The van der Waals surface area contributed by atoms with Crippen LogP contribution < -0.4 is 4.74 Å². The second-order valence-corrected chi connectivity index (χ2v) is 7.87. The molecule has 0 fully saturated rings. The zero-order valence-corrected chi connectivity index (χ0v) is 13.9. The van der Waals surface area contributed by atoms with Gasteiger partial charge in [0.25, 0.3) is 0 Å². The van der Waals surface area contributed by atoms with Crippen LogP contribution in [0.4, 0.5) is 0 Å². The molecule has 0 radical (unpaired) electrons. The molecular weight excluding hydrogens is 248 g/mol. The quantitative estimate of drug-likeness (QED) is 0.562. The summed E-state index contributed by atoms with van der Waals surface area (Å²) in [6, 6.07) is 7.89. The van der Waals surface area contributed by atoms with E-state index in [9.17, 15) is 4.79 Å². The number of esters is 1. The van der Waals surface area contributed by atoms with Gasteiger partial charge >= 0.3 is 5.97 Å². The molecule has 20 heavy (non-hydrogen) atoms. The fourth-order valence-corrected chi connectivity index (χ4v) is 2.16. The van der Waals surface area contributed by atoms with Crippen molar-refractivity contribution in [3.05, 3.63) is 29.8 Å². The Balaban J connectivity index is 2.72. The fourth-order valence-electron chi connectivity index (χ4n) is 2.16. The van der Waals surface area contributed by atoms with Crippen molar-refractivity contribution >= 4 is 5.97 Å². The molecule has 0 aromatic heterocycles. The van der Waals surface area contributed by atoms with E-state index in [0.717, 1.165) is 6.42 Å². The van der Waals surface area contributed by atoms with Crippen molar-refractivity contribution in [1.82, 2.24) is 0 Å². The maximum absolute atomic E-state index is 11.8. The Morgan fingerprint density at radius 3 is 1.95 bits per heavy atom. The van der Waals surface area contributed by atoms with E-state index in [2.05, 4.69) is 39.8 Å². The molecule has 1 atom stereocenters. The van der Waals surface area contributed by atoms with Gasteiger partial charge in [-0.05, 0) is 56.2 Å². The summed E-state index contributed by atoms with van der Waals surface area (Å²) in [7, 11) is 0. The third-order valence-corrected chi connectivity index (χ3v) is 3.19. The summed E-state index contributed by atoms with van der Waals surface area (Å²) in [6.45, 7) is 14.6. The van der Waals surface area contributed by atoms with Crippen LogP contribution in [0.3, 0.4) is 0 Å². The Morgan fingerprint density at radius 2 is 1.55 bits per heavy atom. The molecule has 1 unspecified atom stereocenters. The Bertz CT molecular complexity index is 444. The second kappa shape index (κ2) is 5.99.